The van der Waals surface area contributed by atoms with Gasteiger partial charge in [0.05, 0.1) is 6.42 Å². The molecule has 0 spiro atoms. The molecule has 2 atom stereocenters. The van der Waals surface area contributed by atoms with E-state index in [4.69, 9.17) is 5.11 Å². The summed E-state index contributed by atoms with van der Waals surface area (Å²) in [6, 6.07) is 8.40. The molecule has 1 rings (SSSR count). The number of benzene rings is 1. The third-order valence-corrected chi connectivity index (χ3v) is 2.56. The normalized spacial score (nSPS) is 14.4. The summed E-state index contributed by atoms with van der Waals surface area (Å²) < 4.78 is 0. The van der Waals surface area contributed by atoms with Crippen molar-refractivity contribution < 1.29 is 9.90 Å². The van der Waals surface area contributed by atoms with Crippen LogP contribution in [-0.2, 0) is 4.79 Å². The van der Waals surface area contributed by atoms with Crippen molar-refractivity contribution in [3.05, 3.63) is 35.4 Å². The molecule has 0 amide bonds. The lowest BCUT2D eigenvalue weighted by molar-refractivity contribution is -0.137. The van der Waals surface area contributed by atoms with Crippen molar-refractivity contribution in [1.82, 2.24) is 5.32 Å². The summed E-state index contributed by atoms with van der Waals surface area (Å²) >= 11 is 0. The molecule has 16 heavy (non-hydrogen) atoms. The SMILES string of the molecule is Cc1cccc([C@H](C)NC(C)CC(=O)O)c1. The smallest absolute Gasteiger partial charge is 0.304 e. The van der Waals surface area contributed by atoms with Crippen LogP contribution in [0.15, 0.2) is 24.3 Å². The van der Waals surface area contributed by atoms with E-state index < -0.39 is 5.97 Å². The number of hydrogen-bond donors (Lipinski definition) is 2. The van der Waals surface area contributed by atoms with Crippen molar-refractivity contribution in [3.63, 3.8) is 0 Å². The van der Waals surface area contributed by atoms with E-state index in [0.717, 1.165) is 0 Å². The number of hydrogen-bond acceptors (Lipinski definition) is 2. The zero-order valence-electron chi connectivity index (χ0n) is 10.0. The van der Waals surface area contributed by atoms with Crippen molar-refractivity contribution in [2.75, 3.05) is 0 Å². The van der Waals surface area contributed by atoms with Crippen molar-refractivity contribution in [2.24, 2.45) is 0 Å². The van der Waals surface area contributed by atoms with Gasteiger partial charge in [-0.1, -0.05) is 29.8 Å². The van der Waals surface area contributed by atoms with Gasteiger partial charge in [-0.15, -0.1) is 0 Å². The Morgan fingerprint density at radius 3 is 2.69 bits per heavy atom. The first kappa shape index (κ1) is 12.7. The molecule has 2 N–H and O–H groups in total. The van der Waals surface area contributed by atoms with Gasteiger partial charge in [-0.3, -0.25) is 4.79 Å². The Labute approximate surface area is 96.5 Å². The van der Waals surface area contributed by atoms with Crippen LogP contribution in [0.5, 0.6) is 0 Å². The summed E-state index contributed by atoms with van der Waals surface area (Å²) in [5, 5.41) is 11.9. The Balaban J connectivity index is 2.58. The second-order valence-electron chi connectivity index (χ2n) is 4.30. The Hall–Kier alpha value is -1.35. The summed E-state index contributed by atoms with van der Waals surface area (Å²) in [5.74, 6) is -0.767. The predicted molar refractivity (Wildman–Crippen MR) is 64.4 cm³/mol. The molecule has 0 aliphatic rings. The largest absolute Gasteiger partial charge is 0.481 e. The van der Waals surface area contributed by atoms with E-state index in [1.165, 1.54) is 11.1 Å². The summed E-state index contributed by atoms with van der Waals surface area (Å²) in [5.41, 5.74) is 2.41. The van der Waals surface area contributed by atoms with Gasteiger partial charge in [0.2, 0.25) is 0 Å². The third-order valence-electron chi connectivity index (χ3n) is 2.56. The van der Waals surface area contributed by atoms with Crippen LogP contribution >= 0.6 is 0 Å². The average Bonchev–Trinajstić information content (AvgIpc) is 2.16. The minimum atomic E-state index is -0.767. The average molecular weight is 221 g/mol. The van der Waals surface area contributed by atoms with E-state index in [9.17, 15) is 4.79 Å². The summed E-state index contributed by atoms with van der Waals surface area (Å²) in [6.07, 6.45) is 0.149. The summed E-state index contributed by atoms with van der Waals surface area (Å²) in [4.78, 5) is 10.5. The van der Waals surface area contributed by atoms with Gasteiger partial charge in [-0.05, 0) is 26.3 Å². The first-order valence-electron chi connectivity index (χ1n) is 5.53. The predicted octanol–water partition coefficient (Wildman–Crippen LogP) is 2.51. The highest BCUT2D eigenvalue weighted by Gasteiger charge is 2.11. The zero-order chi connectivity index (χ0) is 12.1. The standard InChI is InChI=1S/C13H19NO2/c1-9-5-4-6-12(7-9)11(3)14-10(2)8-13(15)16/h4-7,10-11,14H,8H2,1-3H3,(H,15,16)/t10?,11-/m0/s1. The van der Waals surface area contributed by atoms with Crippen molar-refractivity contribution >= 4 is 5.97 Å². The number of nitrogens with one attached hydrogen (secondary N) is 1. The minimum absolute atomic E-state index is 0.0204. The van der Waals surface area contributed by atoms with Gasteiger partial charge in [0.15, 0.2) is 0 Å². The molecule has 1 aromatic rings. The van der Waals surface area contributed by atoms with Crippen molar-refractivity contribution in [3.8, 4) is 0 Å². The molecular weight excluding hydrogens is 202 g/mol. The summed E-state index contributed by atoms with van der Waals surface area (Å²) in [7, 11) is 0. The molecule has 1 aromatic carbocycles. The van der Waals surface area contributed by atoms with E-state index in [2.05, 4.69) is 30.4 Å². The van der Waals surface area contributed by atoms with Crippen LogP contribution in [0.4, 0.5) is 0 Å². The summed E-state index contributed by atoms with van der Waals surface area (Å²) in [6.45, 7) is 5.99. The fraction of sp³-hybridized carbons (Fsp3) is 0.462. The van der Waals surface area contributed by atoms with E-state index in [-0.39, 0.29) is 18.5 Å². The van der Waals surface area contributed by atoms with Gasteiger partial charge in [-0.25, -0.2) is 0 Å². The van der Waals surface area contributed by atoms with Crippen LogP contribution in [0, 0.1) is 6.92 Å². The molecule has 0 saturated heterocycles. The highest BCUT2D eigenvalue weighted by atomic mass is 16.4. The molecule has 0 aliphatic carbocycles. The first-order chi connectivity index (χ1) is 7.49. The molecule has 0 bridgehead atoms. The Bertz CT molecular complexity index is 363. The van der Waals surface area contributed by atoms with E-state index in [1.54, 1.807) is 0 Å². The Kier molecular flexibility index (Phi) is 4.50. The molecular formula is C13H19NO2. The monoisotopic (exact) mass is 221 g/mol. The van der Waals surface area contributed by atoms with E-state index in [0.29, 0.717) is 0 Å². The maximum absolute atomic E-state index is 10.5. The number of carboxylic acid groups (broad SMARTS) is 1. The fourth-order valence-electron chi connectivity index (χ4n) is 1.78. The maximum Gasteiger partial charge on any atom is 0.304 e. The van der Waals surface area contributed by atoms with Crippen LogP contribution in [0.1, 0.15) is 37.4 Å². The number of carboxylic acids is 1. The first-order valence-corrected chi connectivity index (χ1v) is 5.53. The molecule has 0 radical (unpaired) electrons. The van der Waals surface area contributed by atoms with Crippen molar-refractivity contribution in [2.45, 2.75) is 39.3 Å². The molecule has 0 aromatic heterocycles. The van der Waals surface area contributed by atoms with E-state index >= 15 is 0 Å². The lowest BCUT2D eigenvalue weighted by Crippen LogP contribution is -2.30. The van der Waals surface area contributed by atoms with Crippen LogP contribution in [0.3, 0.4) is 0 Å². The topological polar surface area (TPSA) is 49.3 Å². The fourth-order valence-corrected chi connectivity index (χ4v) is 1.78. The molecule has 3 nitrogen and oxygen atoms in total. The highest BCUT2D eigenvalue weighted by Crippen LogP contribution is 2.14. The molecule has 0 aliphatic heterocycles. The maximum atomic E-state index is 10.5. The molecule has 3 heteroatoms. The molecule has 0 heterocycles. The zero-order valence-corrected chi connectivity index (χ0v) is 10.0. The number of carbonyl (C=O) groups is 1. The van der Waals surface area contributed by atoms with E-state index in [1.807, 2.05) is 19.9 Å². The van der Waals surface area contributed by atoms with Gasteiger partial charge in [0.25, 0.3) is 0 Å². The van der Waals surface area contributed by atoms with Gasteiger partial charge >= 0.3 is 5.97 Å². The number of rotatable bonds is 5. The van der Waals surface area contributed by atoms with Crippen molar-refractivity contribution in [1.29, 1.82) is 0 Å². The highest BCUT2D eigenvalue weighted by molar-refractivity contribution is 5.67. The molecule has 0 saturated carbocycles. The van der Waals surface area contributed by atoms with Gasteiger partial charge < -0.3 is 10.4 Å². The van der Waals surface area contributed by atoms with Gasteiger partial charge in [0.1, 0.15) is 0 Å². The quantitative estimate of drug-likeness (QED) is 0.803. The third kappa shape index (κ3) is 4.03. The number of aryl methyl sites for hydroxylation is 1. The van der Waals surface area contributed by atoms with Gasteiger partial charge in [-0.2, -0.15) is 0 Å². The molecule has 1 unspecified atom stereocenters. The second-order valence-corrected chi connectivity index (χ2v) is 4.30. The van der Waals surface area contributed by atoms with Crippen LogP contribution in [0.2, 0.25) is 0 Å². The van der Waals surface area contributed by atoms with Crippen LogP contribution < -0.4 is 5.32 Å². The number of aliphatic carboxylic acids is 1. The minimum Gasteiger partial charge on any atom is -0.481 e. The Morgan fingerprint density at radius 2 is 2.12 bits per heavy atom. The lowest BCUT2D eigenvalue weighted by Gasteiger charge is -2.19. The second kappa shape index (κ2) is 5.66. The molecule has 0 fully saturated rings. The van der Waals surface area contributed by atoms with Crippen LogP contribution in [-0.4, -0.2) is 17.1 Å². The van der Waals surface area contributed by atoms with Gasteiger partial charge in [0, 0.05) is 12.1 Å². The Morgan fingerprint density at radius 1 is 1.44 bits per heavy atom. The lowest BCUT2D eigenvalue weighted by atomic mass is 10.0. The van der Waals surface area contributed by atoms with Crippen LogP contribution in [0.25, 0.3) is 0 Å². The molecule has 88 valence electrons.